The van der Waals surface area contributed by atoms with E-state index in [4.69, 9.17) is 4.74 Å². The summed E-state index contributed by atoms with van der Waals surface area (Å²) in [5.41, 5.74) is -0.763. The summed E-state index contributed by atoms with van der Waals surface area (Å²) in [4.78, 5) is 26.9. The van der Waals surface area contributed by atoms with Crippen molar-refractivity contribution >= 4 is 11.8 Å². The van der Waals surface area contributed by atoms with Gasteiger partial charge in [0.25, 0.3) is 0 Å². The Bertz CT molecular complexity index is 381. The average molecular weight is 268 g/mol. The van der Waals surface area contributed by atoms with Gasteiger partial charge in [0.2, 0.25) is 11.8 Å². The third kappa shape index (κ3) is 2.36. The highest BCUT2D eigenvalue weighted by Crippen LogP contribution is 2.38. The summed E-state index contributed by atoms with van der Waals surface area (Å²) < 4.78 is 5.16. The first-order valence-corrected chi connectivity index (χ1v) is 7.08. The van der Waals surface area contributed by atoms with Crippen LogP contribution in [0, 0.1) is 5.92 Å². The van der Waals surface area contributed by atoms with Gasteiger partial charge in [-0.3, -0.25) is 9.59 Å². The maximum atomic E-state index is 12.7. The second kappa shape index (κ2) is 5.12. The van der Waals surface area contributed by atoms with Gasteiger partial charge in [-0.25, -0.2) is 0 Å². The Balaban J connectivity index is 2.29. The van der Waals surface area contributed by atoms with E-state index >= 15 is 0 Å². The molecule has 0 radical (unpaired) electrons. The lowest BCUT2D eigenvalue weighted by molar-refractivity contribution is -0.161. The second-order valence-corrected chi connectivity index (χ2v) is 5.93. The van der Waals surface area contributed by atoms with Crippen LogP contribution in [-0.2, 0) is 14.3 Å². The fraction of sp³-hybridized carbons (Fsp3) is 0.857. The van der Waals surface area contributed by atoms with Gasteiger partial charge in [0.15, 0.2) is 0 Å². The average Bonchev–Trinajstić information content (AvgIpc) is 3.18. The number of methoxy groups -OCH3 is 1. The number of piperazine rings is 1. The van der Waals surface area contributed by atoms with E-state index in [2.05, 4.69) is 5.32 Å². The van der Waals surface area contributed by atoms with E-state index in [1.807, 2.05) is 20.8 Å². The summed E-state index contributed by atoms with van der Waals surface area (Å²) in [6, 6.07) is -0.416. The molecule has 5 heteroatoms. The van der Waals surface area contributed by atoms with Gasteiger partial charge in [-0.15, -0.1) is 0 Å². The Labute approximate surface area is 114 Å². The number of carbonyl (C=O) groups excluding carboxylic acids is 2. The molecule has 2 aliphatic rings. The SMILES string of the molecule is CCC1(C)C(=O)NC(C2CC2)C(=O)N1C(C)COC. The Hall–Kier alpha value is -1.10. The van der Waals surface area contributed by atoms with E-state index in [-0.39, 0.29) is 23.9 Å². The molecule has 2 amide bonds. The summed E-state index contributed by atoms with van der Waals surface area (Å²) in [6.07, 6.45) is 2.67. The van der Waals surface area contributed by atoms with Gasteiger partial charge in [-0.2, -0.15) is 0 Å². The summed E-state index contributed by atoms with van der Waals surface area (Å²) in [5, 5.41) is 2.93. The molecular formula is C14H24N2O3. The van der Waals surface area contributed by atoms with Crippen molar-refractivity contribution < 1.29 is 14.3 Å². The molecule has 1 heterocycles. The lowest BCUT2D eigenvalue weighted by atomic mass is 9.88. The lowest BCUT2D eigenvalue weighted by Crippen LogP contribution is -2.72. The van der Waals surface area contributed by atoms with E-state index < -0.39 is 5.54 Å². The molecule has 108 valence electrons. The van der Waals surface area contributed by atoms with Crippen molar-refractivity contribution in [3.05, 3.63) is 0 Å². The Morgan fingerprint density at radius 2 is 2.11 bits per heavy atom. The van der Waals surface area contributed by atoms with Crippen molar-refractivity contribution in [2.24, 2.45) is 5.92 Å². The fourth-order valence-electron chi connectivity index (χ4n) is 2.96. The molecule has 0 bridgehead atoms. The van der Waals surface area contributed by atoms with Crippen LogP contribution < -0.4 is 5.32 Å². The van der Waals surface area contributed by atoms with Crippen LogP contribution in [0.5, 0.6) is 0 Å². The number of ether oxygens (including phenoxy) is 1. The van der Waals surface area contributed by atoms with E-state index in [1.54, 1.807) is 12.0 Å². The molecule has 19 heavy (non-hydrogen) atoms. The molecule has 1 saturated heterocycles. The number of amides is 2. The first kappa shape index (κ1) is 14.3. The smallest absolute Gasteiger partial charge is 0.246 e. The predicted molar refractivity (Wildman–Crippen MR) is 71.5 cm³/mol. The zero-order valence-electron chi connectivity index (χ0n) is 12.2. The molecule has 3 unspecified atom stereocenters. The molecule has 1 N–H and O–H groups in total. The Morgan fingerprint density at radius 3 is 2.58 bits per heavy atom. The summed E-state index contributed by atoms with van der Waals surface area (Å²) in [5.74, 6) is 0.348. The second-order valence-electron chi connectivity index (χ2n) is 5.93. The van der Waals surface area contributed by atoms with Gasteiger partial charge < -0.3 is 15.0 Å². The summed E-state index contributed by atoms with van der Waals surface area (Å²) in [6.45, 7) is 6.18. The highest BCUT2D eigenvalue weighted by molar-refractivity contribution is 6.00. The van der Waals surface area contributed by atoms with Crippen LogP contribution >= 0.6 is 0 Å². The van der Waals surface area contributed by atoms with E-state index in [0.717, 1.165) is 12.8 Å². The number of rotatable bonds is 5. The Kier molecular flexibility index (Phi) is 3.85. The van der Waals surface area contributed by atoms with Crippen molar-refractivity contribution in [1.29, 1.82) is 0 Å². The molecule has 1 saturated carbocycles. The van der Waals surface area contributed by atoms with Crippen molar-refractivity contribution in [1.82, 2.24) is 10.2 Å². The molecule has 1 aliphatic heterocycles. The third-order valence-corrected chi connectivity index (χ3v) is 4.44. The van der Waals surface area contributed by atoms with Crippen LogP contribution in [0.4, 0.5) is 0 Å². The van der Waals surface area contributed by atoms with Crippen molar-refractivity contribution in [3.8, 4) is 0 Å². The fourth-order valence-corrected chi connectivity index (χ4v) is 2.96. The highest BCUT2D eigenvalue weighted by Gasteiger charge is 2.53. The zero-order valence-corrected chi connectivity index (χ0v) is 12.2. The molecule has 2 rings (SSSR count). The molecule has 3 atom stereocenters. The van der Waals surface area contributed by atoms with Crippen LogP contribution in [0.3, 0.4) is 0 Å². The first-order valence-electron chi connectivity index (χ1n) is 7.08. The molecule has 0 aromatic carbocycles. The maximum absolute atomic E-state index is 12.7. The van der Waals surface area contributed by atoms with Crippen LogP contribution in [0.1, 0.15) is 40.0 Å². The van der Waals surface area contributed by atoms with Gasteiger partial charge in [0.05, 0.1) is 12.6 Å². The minimum atomic E-state index is -0.763. The third-order valence-electron chi connectivity index (χ3n) is 4.44. The number of hydrogen-bond donors (Lipinski definition) is 1. The number of nitrogens with zero attached hydrogens (tertiary/aromatic N) is 1. The summed E-state index contributed by atoms with van der Waals surface area (Å²) in [7, 11) is 1.62. The molecule has 2 fully saturated rings. The molecule has 5 nitrogen and oxygen atoms in total. The van der Waals surface area contributed by atoms with Crippen LogP contribution in [0.2, 0.25) is 0 Å². The zero-order chi connectivity index (χ0) is 14.2. The largest absolute Gasteiger partial charge is 0.383 e. The molecular weight excluding hydrogens is 244 g/mol. The predicted octanol–water partition coefficient (Wildman–Crippen LogP) is 0.927. The van der Waals surface area contributed by atoms with E-state index in [0.29, 0.717) is 18.9 Å². The van der Waals surface area contributed by atoms with Gasteiger partial charge in [0.1, 0.15) is 11.6 Å². The van der Waals surface area contributed by atoms with Gasteiger partial charge in [-0.05, 0) is 39.0 Å². The van der Waals surface area contributed by atoms with Crippen molar-refractivity contribution in [2.75, 3.05) is 13.7 Å². The normalized spacial score (nSPS) is 33.3. The lowest BCUT2D eigenvalue weighted by Gasteiger charge is -2.48. The quantitative estimate of drug-likeness (QED) is 0.807. The van der Waals surface area contributed by atoms with Crippen LogP contribution in [-0.4, -0.2) is 48.1 Å². The standard InChI is InChI=1S/C14H24N2O3/c1-5-14(3)13(18)15-11(10-6-7-10)12(17)16(14)9(2)8-19-4/h9-11H,5-8H2,1-4H3,(H,15,18). The minimum absolute atomic E-state index is 0.0329. The maximum Gasteiger partial charge on any atom is 0.246 e. The molecule has 0 aromatic rings. The van der Waals surface area contributed by atoms with Gasteiger partial charge in [0, 0.05) is 7.11 Å². The van der Waals surface area contributed by atoms with Crippen molar-refractivity contribution in [2.45, 2.75) is 57.7 Å². The molecule has 1 aliphatic carbocycles. The molecule has 0 spiro atoms. The van der Waals surface area contributed by atoms with Crippen molar-refractivity contribution in [3.63, 3.8) is 0 Å². The number of carbonyl (C=O) groups is 2. The van der Waals surface area contributed by atoms with E-state index in [9.17, 15) is 9.59 Å². The number of nitrogens with one attached hydrogen (secondary N) is 1. The number of hydrogen-bond acceptors (Lipinski definition) is 3. The monoisotopic (exact) mass is 268 g/mol. The van der Waals surface area contributed by atoms with E-state index in [1.165, 1.54) is 0 Å². The first-order chi connectivity index (χ1) is 8.95. The van der Waals surface area contributed by atoms with Crippen LogP contribution in [0.15, 0.2) is 0 Å². The summed E-state index contributed by atoms with van der Waals surface area (Å²) >= 11 is 0. The van der Waals surface area contributed by atoms with Crippen LogP contribution in [0.25, 0.3) is 0 Å². The van der Waals surface area contributed by atoms with Gasteiger partial charge >= 0.3 is 0 Å². The topological polar surface area (TPSA) is 58.6 Å². The highest BCUT2D eigenvalue weighted by atomic mass is 16.5. The Morgan fingerprint density at radius 1 is 1.47 bits per heavy atom. The van der Waals surface area contributed by atoms with Gasteiger partial charge in [-0.1, -0.05) is 6.92 Å². The minimum Gasteiger partial charge on any atom is -0.383 e. The molecule has 0 aromatic heterocycles.